The zero-order valence-corrected chi connectivity index (χ0v) is 12.6. The van der Waals surface area contributed by atoms with E-state index in [0.717, 1.165) is 16.5 Å². The van der Waals surface area contributed by atoms with Gasteiger partial charge < -0.3 is 10.3 Å². The van der Waals surface area contributed by atoms with Crippen LogP contribution in [0.2, 0.25) is 5.02 Å². The average Bonchev–Trinajstić information content (AvgIpc) is 2.85. The maximum absolute atomic E-state index is 12.9. The van der Waals surface area contributed by atoms with Crippen molar-refractivity contribution in [1.82, 2.24) is 10.3 Å². The first kappa shape index (κ1) is 14.6. The zero-order valence-electron chi connectivity index (χ0n) is 11.9. The molecule has 3 aromatic rings. The van der Waals surface area contributed by atoms with Gasteiger partial charge in [-0.25, -0.2) is 4.39 Å². The molecule has 3 nitrogen and oxygen atoms in total. The van der Waals surface area contributed by atoms with Crippen LogP contribution >= 0.6 is 11.6 Å². The Labute approximate surface area is 132 Å². The van der Waals surface area contributed by atoms with E-state index in [0.29, 0.717) is 10.7 Å². The van der Waals surface area contributed by atoms with Crippen LogP contribution in [-0.4, -0.2) is 10.9 Å². The molecule has 0 saturated heterocycles. The van der Waals surface area contributed by atoms with Crippen molar-refractivity contribution >= 4 is 28.4 Å². The van der Waals surface area contributed by atoms with Gasteiger partial charge in [0.1, 0.15) is 11.5 Å². The van der Waals surface area contributed by atoms with Crippen LogP contribution in [-0.2, 0) is 0 Å². The Hall–Kier alpha value is -2.33. The predicted octanol–water partition coefficient (Wildman–Crippen LogP) is 4.45. The first-order valence-electron chi connectivity index (χ1n) is 6.89. The molecule has 2 N–H and O–H groups in total. The largest absolute Gasteiger partial charge is 0.349 e. The predicted molar refractivity (Wildman–Crippen MR) is 85.6 cm³/mol. The van der Waals surface area contributed by atoms with E-state index < -0.39 is 0 Å². The summed E-state index contributed by atoms with van der Waals surface area (Å²) in [6.45, 7) is 1.84. The molecule has 0 fully saturated rings. The van der Waals surface area contributed by atoms with Gasteiger partial charge in [-0.2, -0.15) is 0 Å². The summed E-state index contributed by atoms with van der Waals surface area (Å²) >= 11 is 6.26. The second-order valence-corrected chi connectivity index (χ2v) is 5.48. The normalized spacial score (nSPS) is 12.3. The van der Waals surface area contributed by atoms with E-state index >= 15 is 0 Å². The molecule has 112 valence electrons. The highest BCUT2D eigenvalue weighted by Crippen LogP contribution is 2.27. The lowest BCUT2D eigenvalue weighted by Gasteiger charge is -2.14. The zero-order chi connectivity index (χ0) is 15.7. The van der Waals surface area contributed by atoms with Gasteiger partial charge in [-0.05, 0) is 30.7 Å². The van der Waals surface area contributed by atoms with Crippen molar-refractivity contribution in [3.8, 4) is 0 Å². The second kappa shape index (κ2) is 5.81. The maximum atomic E-state index is 12.9. The van der Waals surface area contributed by atoms with Gasteiger partial charge >= 0.3 is 0 Å². The molecule has 1 heterocycles. The molecule has 0 radical (unpaired) electrons. The number of hydrogen-bond donors (Lipinski definition) is 2. The molecular weight excluding hydrogens is 303 g/mol. The lowest BCUT2D eigenvalue weighted by Crippen LogP contribution is -2.27. The summed E-state index contributed by atoms with van der Waals surface area (Å²) in [7, 11) is 0. The highest BCUT2D eigenvalue weighted by molar-refractivity contribution is 6.38. The van der Waals surface area contributed by atoms with Gasteiger partial charge in [0.2, 0.25) is 0 Å². The number of nitrogens with one attached hydrogen (secondary N) is 2. The third-order valence-electron chi connectivity index (χ3n) is 3.59. The number of aromatic amines is 1. The lowest BCUT2D eigenvalue weighted by atomic mass is 10.1. The molecule has 1 atom stereocenters. The highest BCUT2D eigenvalue weighted by atomic mass is 35.5. The number of fused-ring (bicyclic) bond motifs is 1. The summed E-state index contributed by atoms with van der Waals surface area (Å²) in [5.74, 6) is -0.598. The Kier molecular flexibility index (Phi) is 3.86. The SMILES string of the molecule is C[C@H](NC(=O)c1[nH]c2ccccc2c1Cl)c1ccc(F)cc1. The molecule has 0 aliphatic heterocycles. The monoisotopic (exact) mass is 316 g/mol. The molecule has 0 bridgehead atoms. The topological polar surface area (TPSA) is 44.9 Å². The van der Waals surface area contributed by atoms with Crippen LogP contribution in [0.3, 0.4) is 0 Å². The number of benzene rings is 2. The van der Waals surface area contributed by atoms with E-state index in [9.17, 15) is 9.18 Å². The number of carbonyl (C=O) groups excluding carboxylic acids is 1. The first-order chi connectivity index (χ1) is 10.6. The molecule has 2 aromatic carbocycles. The van der Waals surface area contributed by atoms with Gasteiger partial charge in [-0.15, -0.1) is 0 Å². The summed E-state index contributed by atoms with van der Waals surface area (Å²) in [6, 6.07) is 13.2. The number of halogens is 2. The van der Waals surface area contributed by atoms with Crippen LogP contribution < -0.4 is 5.32 Å². The number of aromatic nitrogens is 1. The van der Waals surface area contributed by atoms with Crippen molar-refractivity contribution in [2.45, 2.75) is 13.0 Å². The van der Waals surface area contributed by atoms with E-state index in [-0.39, 0.29) is 17.8 Å². The minimum absolute atomic E-state index is 0.254. The minimum atomic E-state index is -0.305. The molecule has 22 heavy (non-hydrogen) atoms. The molecule has 0 unspecified atom stereocenters. The smallest absolute Gasteiger partial charge is 0.269 e. The summed E-state index contributed by atoms with van der Waals surface area (Å²) in [5, 5.41) is 4.07. The molecule has 0 aliphatic rings. The molecule has 3 rings (SSSR count). The van der Waals surface area contributed by atoms with Crippen molar-refractivity contribution in [3.05, 3.63) is 70.6 Å². The third kappa shape index (κ3) is 2.70. The van der Waals surface area contributed by atoms with Crippen molar-refractivity contribution < 1.29 is 9.18 Å². The standard InChI is InChI=1S/C17H14ClFN2O/c1-10(11-6-8-12(19)9-7-11)20-17(22)16-15(18)13-4-2-3-5-14(13)21-16/h2-10,21H,1H3,(H,20,22)/t10-/m0/s1. The average molecular weight is 317 g/mol. The molecule has 0 aliphatic carbocycles. The molecule has 5 heteroatoms. The van der Waals surface area contributed by atoms with E-state index in [1.807, 2.05) is 31.2 Å². The van der Waals surface area contributed by atoms with Gasteiger partial charge in [-0.1, -0.05) is 41.9 Å². The van der Waals surface area contributed by atoms with Crippen LogP contribution in [0, 0.1) is 5.82 Å². The van der Waals surface area contributed by atoms with Gasteiger partial charge in [0.05, 0.1) is 11.1 Å². The van der Waals surface area contributed by atoms with Crippen LogP contribution in [0.25, 0.3) is 10.9 Å². The third-order valence-corrected chi connectivity index (χ3v) is 3.98. The maximum Gasteiger partial charge on any atom is 0.269 e. The number of carbonyl (C=O) groups is 1. The summed E-state index contributed by atoms with van der Waals surface area (Å²) in [5.41, 5.74) is 1.96. The number of para-hydroxylation sites is 1. The van der Waals surface area contributed by atoms with Crippen molar-refractivity contribution in [3.63, 3.8) is 0 Å². The fourth-order valence-corrected chi connectivity index (χ4v) is 2.67. The summed E-state index contributed by atoms with van der Waals surface area (Å²) in [4.78, 5) is 15.4. The van der Waals surface area contributed by atoms with Crippen LogP contribution in [0.1, 0.15) is 29.0 Å². The Balaban J connectivity index is 1.84. The summed E-state index contributed by atoms with van der Waals surface area (Å²) in [6.07, 6.45) is 0. The van der Waals surface area contributed by atoms with Crippen molar-refractivity contribution in [2.24, 2.45) is 0 Å². The lowest BCUT2D eigenvalue weighted by molar-refractivity contribution is 0.0936. The van der Waals surface area contributed by atoms with Crippen molar-refractivity contribution in [1.29, 1.82) is 0 Å². The summed E-state index contributed by atoms with van der Waals surface area (Å²) < 4.78 is 12.9. The van der Waals surface area contributed by atoms with Gasteiger partial charge in [0.15, 0.2) is 0 Å². The van der Waals surface area contributed by atoms with E-state index in [1.54, 1.807) is 12.1 Å². The molecule has 1 amide bonds. The second-order valence-electron chi connectivity index (χ2n) is 5.11. The number of amides is 1. The first-order valence-corrected chi connectivity index (χ1v) is 7.26. The number of rotatable bonds is 3. The van der Waals surface area contributed by atoms with Crippen LogP contribution in [0.4, 0.5) is 4.39 Å². The molecule has 0 saturated carbocycles. The van der Waals surface area contributed by atoms with Crippen LogP contribution in [0.5, 0.6) is 0 Å². The van der Waals surface area contributed by atoms with Gasteiger partial charge in [0, 0.05) is 10.9 Å². The fourth-order valence-electron chi connectivity index (χ4n) is 2.37. The van der Waals surface area contributed by atoms with Crippen LogP contribution in [0.15, 0.2) is 48.5 Å². The molecular formula is C17H14ClFN2O. The van der Waals surface area contributed by atoms with Gasteiger partial charge in [0.25, 0.3) is 5.91 Å². The van der Waals surface area contributed by atoms with E-state index in [4.69, 9.17) is 11.6 Å². The van der Waals surface area contributed by atoms with Gasteiger partial charge in [-0.3, -0.25) is 4.79 Å². The quantitative estimate of drug-likeness (QED) is 0.736. The fraction of sp³-hybridized carbons (Fsp3) is 0.118. The molecule has 0 spiro atoms. The molecule has 1 aromatic heterocycles. The Morgan fingerprint density at radius 1 is 1.18 bits per heavy atom. The highest BCUT2D eigenvalue weighted by Gasteiger charge is 2.18. The Morgan fingerprint density at radius 3 is 2.55 bits per heavy atom. The van der Waals surface area contributed by atoms with E-state index in [2.05, 4.69) is 10.3 Å². The Morgan fingerprint density at radius 2 is 1.86 bits per heavy atom. The van der Waals surface area contributed by atoms with E-state index in [1.165, 1.54) is 12.1 Å². The van der Waals surface area contributed by atoms with Crippen molar-refractivity contribution in [2.75, 3.05) is 0 Å². The number of hydrogen-bond acceptors (Lipinski definition) is 1. The number of H-pyrrole nitrogens is 1. The Bertz CT molecular complexity index is 826. The minimum Gasteiger partial charge on any atom is -0.349 e.